The highest BCUT2D eigenvalue weighted by Crippen LogP contribution is 2.35. The predicted molar refractivity (Wildman–Crippen MR) is 57.2 cm³/mol. The third-order valence-electron chi connectivity index (χ3n) is 3.53. The van der Waals surface area contributed by atoms with E-state index in [1.165, 1.54) is 25.7 Å². The summed E-state index contributed by atoms with van der Waals surface area (Å²) in [7, 11) is 0. The van der Waals surface area contributed by atoms with Crippen molar-refractivity contribution in [2.45, 2.75) is 52.4 Å². The van der Waals surface area contributed by atoms with Gasteiger partial charge in [-0.15, -0.1) is 0 Å². The SMILES string of the molecule is CC(C)C1CCCC(CCC(=O)O)C1. The van der Waals surface area contributed by atoms with Crippen LogP contribution >= 0.6 is 0 Å². The average molecular weight is 198 g/mol. The van der Waals surface area contributed by atoms with Crippen molar-refractivity contribution in [1.29, 1.82) is 0 Å². The van der Waals surface area contributed by atoms with E-state index in [9.17, 15) is 4.79 Å². The summed E-state index contributed by atoms with van der Waals surface area (Å²) < 4.78 is 0. The van der Waals surface area contributed by atoms with Crippen molar-refractivity contribution in [3.8, 4) is 0 Å². The van der Waals surface area contributed by atoms with Crippen LogP contribution in [0.4, 0.5) is 0 Å². The van der Waals surface area contributed by atoms with E-state index in [1.54, 1.807) is 0 Å². The lowest BCUT2D eigenvalue weighted by molar-refractivity contribution is -0.137. The van der Waals surface area contributed by atoms with Crippen LogP contribution in [0.2, 0.25) is 0 Å². The first kappa shape index (κ1) is 11.5. The lowest BCUT2D eigenvalue weighted by atomic mass is 9.75. The maximum Gasteiger partial charge on any atom is 0.303 e. The minimum absolute atomic E-state index is 0.357. The molecule has 0 spiro atoms. The third-order valence-corrected chi connectivity index (χ3v) is 3.53. The zero-order chi connectivity index (χ0) is 10.6. The quantitative estimate of drug-likeness (QED) is 0.752. The summed E-state index contributed by atoms with van der Waals surface area (Å²) in [5, 5.41) is 8.62. The molecule has 82 valence electrons. The molecular weight excluding hydrogens is 176 g/mol. The van der Waals surface area contributed by atoms with Gasteiger partial charge in [0.05, 0.1) is 0 Å². The molecule has 1 fully saturated rings. The fourth-order valence-electron chi connectivity index (χ4n) is 2.53. The second kappa shape index (κ2) is 5.38. The monoisotopic (exact) mass is 198 g/mol. The maximum atomic E-state index is 10.5. The molecule has 0 bridgehead atoms. The van der Waals surface area contributed by atoms with Gasteiger partial charge in [0.15, 0.2) is 0 Å². The molecular formula is C12H22O2. The van der Waals surface area contributed by atoms with Gasteiger partial charge in [-0.3, -0.25) is 4.79 Å². The fraction of sp³-hybridized carbons (Fsp3) is 0.917. The van der Waals surface area contributed by atoms with E-state index in [2.05, 4.69) is 13.8 Å². The average Bonchev–Trinajstić information content (AvgIpc) is 2.15. The summed E-state index contributed by atoms with van der Waals surface area (Å²) >= 11 is 0. The fourth-order valence-corrected chi connectivity index (χ4v) is 2.53. The summed E-state index contributed by atoms with van der Waals surface area (Å²) in [5.41, 5.74) is 0. The van der Waals surface area contributed by atoms with Gasteiger partial charge in [-0.05, 0) is 30.6 Å². The minimum Gasteiger partial charge on any atom is -0.481 e. The number of carboxylic acid groups (broad SMARTS) is 1. The van der Waals surface area contributed by atoms with Crippen LogP contribution in [0.3, 0.4) is 0 Å². The standard InChI is InChI=1S/C12H22O2/c1-9(2)11-5-3-4-10(8-11)6-7-12(13)14/h9-11H,3-8H2,1-2H3,(H,13,14). The van der Waals surface area contributed by atoms with Crippen molar-refractivity contribution < 1.29 is 9.90 Å². The van der Waals surface area contributed by atoms with E-state index in [4.69, 9.17) is 5.11 Å². The molecule has 14 heavy (non-hydrogen) atoms. The van der Waals surface area contributed by atoms with Gasteiger partial charge in [0, 0.05) is 6.42 Å². The molecule has 1 rings (SSSR count). The summed E-state index contributed by atoms with van der Waals surface area (Å²) in [4.78, 5) is 10.5. The lowest BCUT2D eigenvalue weighted by Gasteiger charge is -2.31. The first-order chi connectivity index (χ1) is 6.59. The van der Waals surface area contributed by atoms with Crippen molar-refractivity contribution in [2.24, 2.45) is 17.8 Å². The van der Waals surface area contributed by atoms with Crippen molar-refractivity contribution >= 4 is 5.97 Å². The van der Waals surface area contributed by atoms with Crippen LogP contribution in [0, 0.1) is 17.8 Å². The highest BCUT2D eigenvalue weighted by Gasteiger charge is 2.24. The largest absolute Gasteiger partial charge is 0.481 e. The van der Waals surface area contributed by atoms with Crippen LogP contribution in [-0.4, -0.2) is 11.1 Å². The Balaban J connectivity index is 2.29. The van der Waals surface area contributed by atoms with Crippen molar-refractivity contribution in [1.82, 2.24) is 0 Å². The highest BCUT2D eigenvalue weighted by molar-refractivity contribution is 5.66. The Morgan fingerprint density at radius 3 is 2.71 bits per heavy atom. The maximum absolute atomic E-state index is 10.5. The molecule has 2 atom stereocenters. The molecule has 0 radical (unpaired) electrons. The van der Waals surface area contributed by atoms with Crippen LogP contribution in [-0.2, 0) is 4.79 Å². The Morgan fingerprint density at radius 1 is 1.43 bits per heavy atom. The normalized spacial score (nSPS) is 27.9. The molecule has 1 N–H and O–H groups in total. The molecule has 0 amide bonds. The number of hydrogen-bond acceptors (Lipinski definition) is 1. The number of hydrogen-bond donors (Lipinski definition) is 1. The second-order valence-electron chi connectivity index (χ2n) is 4.97. The van der Waals surface area contributed by atoms with E-state index in [0.29, 0.717) is 12.3 Å². The van der Waals surface area contributed by atoms with Crippen LogP contribution in [0.1, 0.15) is 52.4 Å². The molecule has 2 unspecified atom stereocenters. The Hall–Kier alpha value is -0.530. The second-order valence-corrected chi connectivity index (χ2v) is 4.97. The van der Waals surface area contributed by atoms with Gasteiger partial charge in [-0.25, -0.2) is 0 Å². The molecule has 1 aliphatic carbocycles. The van der Waals surface area contributed by atoms with E-state index < -0.39 is 5.97 Å². The van der Waals surface area contributed by atoms with E-state index >= 15 is 0 Å². The van der Waals surface area contributed by atoms with Gasteiger partial charge in [-0.1, -0.05) is 33.1 Å². The van der Waals surface area contributed by atoms with Crippen LogP contribution in [0.5, 0.6) is 0 Å². The Morgan fingerprint density at radius 2 is 2.14 bits per heavy atom. The van der Waals surface area contributed by atoms with Crippen molar-refractivity contribution in [3.63, 3.8) is 0 Å². The summed E-state index contributed by atoms with van der Waals surface area (Å²) in [6, 6.07) is 0. The highest BCUT2D eigenvalue weighted by atomic mass is 16.4. The number of aliphatic carboxylic acids is 1. The van der Waals surface area contributed by atoms with Crippen LogP contribution in [0.25, 0.3) is 0 Å². The van der Waals surface area contributed by atoms with E-state index in [-0.39, 0.29) is 0 Å². The summed E-state index contributed by atoms with van der Waals surface area (Å²) in [6.07, 6.45) is 6.39. The molecule has 0 saturated heterocycles. The predicted octanol–water partition coefficient (Wildman–Crippen LogP) is 3.31. The number of rotatable bonds is 4. The van der Waals surface area contributed by atoms with E-state index in [1.807, 2.05) is 0 Å². The molecule has 0 aromatic carbocycles. The van der Waals surface area contributed by atoms with Crippen molar-refractivity contribution in [2.75, 3.05) is 0 Å². The molecule has 1 saturated carbocycles. The minimum atomic E-state index is -0.642. The molecule has 2 heteroatoms. The van der Waals surface area contributed by atoms with E-state index in [0.717, 1.165) is 18.3 Å². The summed E-state index contributed by atoms with van der Waals surface area (Å²) in [6.45, 7) is 4.56. The first-order valence-corrected chi connectivity index (χ1v) is 5.81. The smallest absolute Gasteiger partial charge is 0.303 e. The van der Waals surface area contributed by atoms with Gasteiger partial charge >= 0.3 is 5.97 Å². The van der Waals surface area contributed by atoms with Gasteiger partial charge in [0.2, 0.25) is 0 Å². The molecule has 0 heterocycles. The molecule has 0 aromatic rings. The van der Waals surface area contributed by atoms with Crippen molar-refractivity contribution in [3.05, 3.63) is 0 Å². The first-order valence-electron chi connectivity index (χ1n) is 5.81. The van der Waals surface area contributed by atoms with Crippen LogP contribution < -0.4 is 0 Å². The third kappa shape index (κ3) is 3.69. The topological polar surface area (TPSA) is 37.3 Å². The Labute approximate surface area is 86.7 Å². The lowest BCUT2D eigenvalue weighted by Crippen LogP contribution is -2.20. The van der Waals surface area contributed by atoms with Gasteiger partial charge in [0.1, 0.15) is 0 Å². The molecule has 1 aliphatic rings. The number of carboxylic acids is 1. The number of carbonyl (C=O) groups is 1. The Bertz CT molecular complexity index is 187. The molecule has 0 aliphatic heterocycles. The Kier molecular flexibility index (Phi) is 4.43. The molecule has 0 aromatic heterocycles. The van der Waals surface area contributed by atoms with Gasteiger partial charge in [0.25, 0.3) is 0 Å². The zero-order valence-corrected chi connectivity index (χ0v) is 9.33. The van der Waals surface area contributed by atoms with Crippen LogP contribution in [0.15, 0.2) is 0 Å². The van der Waals surface area contributed by atoms with Gasteiger partial charge in [-0.2, -0.15) is 0 Å². The zero-order valence-electron chi connectivity index (χ0n) is 9.33. The summed E-state index contributed by atoms with van der Waals surface area (Å²) in [5.74, 6) is 1.63. The molecule has 2 nitrogen and oxygen atoms in total. The van der Waals surface area contributed by atoms with Gasteiger partial charge < -0.3 is 5.11 Å².